The van der Waals surface area contributed by atoms with Gasteiger partial charge in [-0.25, -0.2) is 21.1 Å². The summed E-state index contributed by atoms with van der Waals surface area (Å²) in [5.74, 6) is 0. The molecule has 0 N–H and O–H groups in total. The van der Waals surface area contributed by atoms with Crippen LogP contribution in [0.25, 0.3) is 0 Å². The molecule has 0 saturated heterocycles. The van der Waals surface area contributed by atoms with Gasteiger partial charge in [0.25, 0.3) is 0 Å². The van der Waals surface area contributed by atoms with Gasteiger partial charge in [-0.3, -0.25) is 0 Å². The molecular formula is C12H19NO4S2. The SMILES string of the molecule is CC(C)S(=O)(=O)c1ccc(CN(C)S(C)(=O)=O)cc1. The van der Waals surface area contributed by atoms with Gasteiger partial charge < -0.3 is 0 Å². The van der Waals surface area contributed by atoms with Crippen molar-refractivity contribution in [3.05, 3.63) is 29.8 Å². The maximum atomic E-state index is 11.9. The van der Waals surface area contributed by atoms with Gasteiger partial charge in [-0.15, -0.1) is 0 Å². The predicted molar refractivity (Wildman–Crippen MR) is 75.1 cm³/mol. The molecule has 0 bridgehead atoms. The monoisotopic (exact) mass is 305 g/mol. The fourth-order valence-corrected chi connectivity index (χ4v) is 2.87. The lowest BCUT2D eigenvalue weighted by Gasteiger charge is -2.14. The van der Waals surface area contributed by atoms with E-state index in [2.05, 4.69) is 0 Å². The van der Waals surface area contributed by atoms with Gasteiger partial charge in [-0.05, 0) is 31.5 Å². The second kappa shape index (κ2) is 5.60. The Labute approximate surface area is 115 Å². The third-order valence-corrected chi connectivity index (χ3v) is 6.28. The summed E-state index contributed by atoms with van der Waals surface area (Å²) in [5, 5.41) is -0.475. The van der Waals surface area contributed by atoms with E-state index >= 15 is 0 Å². The molecule has 19 heavy (non-hydrogen) atoms. The Bertz CT molecular complexity index is 631. The van der Waals surface area contributed by atoms with Gasteiger partial charge >= 0.3 is 0 Å². The smallest absolute Gasteiger partial charge is 0.211 e. The van der Waals surface area contributed by atoms with Crippen molar-refractivity contribution < 1.29 is 16.8 Å². The predicted octanol–water partition coefficient (Wildman–Crippen LogP) is 1.26. The van der Waals surface area contributed by atoms with Crippen LogP contribution >= 0.6 is 0 Å². The molecular weight excluding hydrogens is 286 g/mol. The van der Waals surface area contributed by atoms with Gasteiger partial charge in [0.1, 0.15) is 0 Å². The number of rotatable bonds is 5. The summed E-state index contributed by atoms with van der Waals surface area (Å²) in [7, 11) is -5.04. The highest BCUT2D eigenvalue weighted by atomic mass is 32.2. The molecule has 108 valence electrons. The van der Waals surface area contributed by atoms with Crippen LogP contribution in [0, 0.1) is 0 Å². The van der Waals surface area contributed by atoms with Crippen LogP contribution in [0.3, 0.4) is 0 Å². The Morgan fingerprint density at radius 1 is 1.05 bits per heavy atom. The highest BCUT2D eigenvalue weighted by Gasteiger charge is 2.19. The Kier molecular flexibility index (Phi) is 4.76. The summed E-state index contributed by atoms with van der Waals surface area (Å²) in [6, 6.07) is 6.30. The van der Waals surface area contributed by atoms with E-state index in [1.165, 1.54) is 23.5 Å². The first-order chi connectivity index (χ1) is 8.55. The molecule has 0 aromatic heterocycles. The van der Waals surface area contributed by atoms with Crippen molar-refractivity contribution in [2.24, 2.45) is 0 Å². The van der Waals surface area contributed by atoms with Crippen molar-refractivity contribution in [1.29, 1.82) is 0 Å². The van der Waals surface area contributed by atoms with Gasteiger partial charge in [0, 0.05) is 13.6 Å². The zero-order valence-electron chi connectivity index (χ0n) is 11.5. The minimum absolute atomic E-state index is 0.223. The molecule has 0 aliphatic carbocycles. The molecule has 7 heteroatoms. The highest BCUT2D eigenvalue weighted by molar-refractivity contribution is 7.92. The second-order valence-corrected chi connectivity index (χ2v) is 9.35. The lowest BCUT2D eigenvalue weighted by atomic mass is 10.2. The van der Waals surface area contributed by atoms with E-state index in [1.807, 2.05) is 0 Å². The minimum Gasteiger partial charge on any atom is -0.223 e. The fourth-order valence-electron chi connectivity index (χ4n) is 1.43. The molecule has 5 nitrogen and oxygen atoms in total. The van der Waals surface area contributed by atoms with E-state index in [-0.39, 0.29) is 11.4 Å². The van der Waals surface area contributed by atoms with Crippen LogP contribution in [0.15, 0.2) is 29.2 Å². The second-order valence-electron chi connectivity index (χ2n) is 4.76. The van der Waals surface area contributed by atoms with Gasteiger partial charge in [0.15, 0.2) is 9.84 Å². The zero-order chi connectivity index (χ0) is 14.8. The summed E-state index contributed by atoms with van der Waals surface area (Å²) >= 11 is 0. The highest BCUT2D eigenvalue weighted by Crippen LogP contribution is 2.17. The summed E-state index contributed by atoms with van der Waals surface area (Å²) in [6.45, 7) is 3.47. The van der Waals surface area contributed by atoms with Crippen molar-refractivity contribution in [2.75, 3.05) is 13.3 Å². The third-order valence-electron chi connectivity index (χ3n) is 2.84. The normalized spacial score (nSPS) is 13.2. The Hall–Kier alpha value is -0.920. The summed E-state index contributed by atoms with van der Waals surface area (Å²) < 4.78 is 47.6. The number of hydrogen-bond donors (Lipinski definition) is 0. The third kappa shape index (κ3) is 4.02. The van der Waals surface area contributed by atoms with Crippen LogP contribution in [0.4, 0.5) is 0 Å². The number of benzene rings is 1. The van der Waals surface area contributed by atoms with E-state index in [1.54, 1.807) is 26.0 Å². The molecule has 1 aromatic carbocycles. The number of nitrogens with zero attached hydrogens (tertiary/aromatic N) is 1. The number of hydrogen-bond acceptors (Lipinski definition) is 4. The number of sulfonamides is 1. The van der Waals surface area contributed by atoms with Gasteiger partial charge in [0.05, 0.1) is 16.4 Å². The lowest BCUT2D eigenvalue weighted by Crippen LogP contribution is -2.24. The molecule has 0 atom stereocenters. The molecule has 1 aromatic rings. The van der Waals surface area contributed by atoms with Crippen molar-refractivity contribution in [3.8, 4) is 0 Å². The van der Waals surface area contributed by atoms with Crippen LogP contribution in [-0.4, -0.2) is 39.7 Å². The maximum Gasteiger partial charge on any atom is 0.211 e. The zero-order valence-corrected chi connectivity index (χ0v) is 13.1. The van der Waals surface area contributed by atoms with Crippen LogP contribution in [0.1, 0.15) is 19.4 Å². The Balaban J connectivity index is 2.96. The van der Waals surface area contributed by atoms with Crippen molar-refractivity contribution >= 4 is 19.9 Å². The lowest BCUT2D eigenvalue weighted by molar-refractivity contribution is 0.472. The molecule has 1 rings (SSSR count). The van der Waals surface area contributed by atoms with Crippen LogP contribution < -0.4 is 0 Å². The first-order valence-corrected chi connectivity index (χ1v) is 9.19. The van der Waals surface area contributed by atoms with Crippen LogP contribution in [0.2, 0.25) is 0 Å². The molecule has 0 amide bonds. The average molecular weight is 305 g/mol. The fraction of sp³-hybridized carbons (Fsp3) is 0.500. The average Bonchev–Trinajstić information content (AvgIpc) is 2.28. The van der Waals surface area contributed by atoms with Crippen molar-refractivity contribution in [2.45, 2.75) is 30.5 Å². The standard InChI is InChI=1S/C12H19NO4S2/c1-10(2)19(16,17)12-7-5-11(6-8-12)9-13(3)18(4,14)15/h5-8,10H,9H2,1-4H3. The minimum atomic E-state index is -3.28. The van der Waals surface area contributed by atoms with E-state index in [9.17, 15) is 16.8 Å². The molecule has 0 fully saturated rings. The van der Waals surface area contributed by atoms with Crippen LogP contribution in [0.5, 0.6) is 0 Å². The molecule has 0 heterocycles. The van der Waals surface area contributed by atoms with Crippen LogP contribution in [-0.2, 0) is 26.4 Å². The van der Waals surface area contributed by atoms with E-state index in [0.29, 0.717) is 0 Å². The van der Waals surface area contributed by atoms with E-state index < -0.39 is 25.1 Å². The number of sulfone groups is 1. The Morgan fingerprint density at radius 3 is 1.89 bits per heavy atom. The molecule has 0 aliphatic heterocycles. The molecule has 0 spiro atoms. The van der Waals surface area contributed by atoms with Gasteiger partial charge in [0.2, 0.25) is 10.0 Å². The van der Waals surface area contributed by atoms with E-state index in [0.717, 1.165) is 11.8 Å². The summed E-state index contributed by atoms with van der Waals surface area (Å²) in [6.07, 6.45) is 1.13. The quantitative estimate of drug-likeness (QED) is 0.821. The maximum absolute atomic E-state index is 11.9. The molecule has 0 saturated carbocycles. The molecule has 0 unspecified atom stereocenters. The van der Waals surface area contributed by atoms with Crippen molar-refractivity contribution in [3.63, 3.8) is 0 Å². The van der Waals surface area contributed by atoms with Gasteiger partial charge in [-0.2, -0.15) is 0 Å². The molecule has 0 aliphatic rings. The van der Waals surface area contributed by atoms with E-state index in [4.69, 9.17) is 0 Å². The molecule has 0 radical (unpaired) electrons. The first kappa shape index (κ1) is 16.1. The summed E-state index contributed by atoms with van der Waals surface area (Å²) in [5.41, 5.74) is 0.746. The topological polar surface area (TPSA) is 71.5 Å². The first-order valence-electron chi connectivity index (χ1n) is 5.79. The largest absolute Gasteiger partial charge is 0.223 e. The van der Waals surface area contributed by atoms with Crippen molar-refractivity contribution in [1.82, 2.24) is 4.31 Å². The summed E-state index contributed by atoms with van der Waals surface area (Å²) in [4.78, 5) is 0.258. The Morgan fingerprint density at radius 2 is 1.53 bits per heavy atom. The van der Waals surface area contributed by atoms with Gasteiger partial charge in [-0.1, -0.05) is 12.1 Å².